The lowest BCUT2D eigenvalue weighted by molar-refractivity contribution is -0.166. The van der Waals surface area contributed by atoms with Crippen LogP contribution in [0.2, 0.25) is 5.02 Å². The van der Waals surface area contributed by atoms with Crippen LogP contribution in [0.3, 0.4) is 0 Å². The predicted molar refractivity (Wildman–Crippen MR) is 134 cm³/mol. The first kappa shape index (κ1) is 24.1. The largest absolute Gasteiger partial charge is 0.528 e. The van der Waals surface area contributed by atoms with Gasteiger partial charge >= 0.3 is 6.16 Å². The average Bonchev–Trinajstić information content (AvgIpc) is 3.60. The predicted octanol–water partition coefficient (Wildman–Crippen LogP) is 5.61. The van der Waals surface area contributed by atoms with Crippen LogP contribution in [0, 0.1) is 0 Å². The van der Waals surface area contributed by atoms with Crippen LogP contribution in [-0.2, 0) is 31.7 Å². The summed E-state index contributed by atoms with van der Waals surface area (Å²) in [7, 11) is 0. The number of ether oxygens (including phenoxy) is 1. The zero-order valence-corrected chi connectivity index (χ0v) is 21.4. The zero-order chi connectivity index (χ0) is 24.8. The van der Waals surface area contributed by atoms with Crippen molar-refractivity contribution in [2.75, 3.05) is 19.6 Å². The number of fused-ring (bicyclic) bond motifs is 2. The lowest BCUT2D eigenvalue weighted by Gasteiger charge is -2.48. The number of amides is 1. The molecule has 0 aromatic heterocycles. The summed E-state index contributed by atoms with van der Waals surface area (Å²) in [5, 5.41) is 2.41. The molecule has 1 spiro atoms. The van der Waals surface area contributed by atoms with Gasteiger partial charge in [0.1, 0.15) is 5.60 Å². The molecule has 0 atom stereocenters. The van der Waals surface area contributed by atoms with E-state index >= 15 is 0 Å². The minimum absolute atomic E-state index is 0.176. The third-order valence-electron chi connectivity index (χ3n) is 7.57. The molecule has 186 valence electrons. The number of hydrogen-bond acceptors (Lipinski definition) is 5. The molecule has 2 aromatic rings. The Bertz CT molecular complexity index is 1110. The van der Waals surface area contributed by atoms with E-state index in [2.05, 4.69) is 18.2 Å². The number of likely N-dealkylation sites (tertiary alicyclic amines) is 1. The van der Waals surface area contributed by atoms with E-state index in [1.54, 1.807) is 5.06 Å². The maximum absolute atomic E-state index is 13.6. The van der Waals surface area contributed by atoms with E-state index in [4.69, 9.17) is 21.2 Å². The summed E-state index contributed by atoms with van der Waals surface area (Å²) in [5.41, 5.74) is 2.33. The third-order valence-corrected chi connectivity index (χ3v) is 7.82. The molecule has 0 radical (unpaired) electrons. The summed E-state index contributed by atoms with van der Waals surface area (Å²) in [5.74, 6) is 0.223. The number of rotatable bonds is 3. The molecule has 2 aromatic carbocycles. The van der Waals surface area contributed by atoms with Gasteiger partial charge in [0.25, 0.3) is 0 Å². The molecule has 2 fully saturated rings. The summed E-state index contributed by atoms with van der Waals surface area (Å²) >= 11 is 6.07. The number of halogens is 1. The minimum atomic E-state index is -0.682. The maximum Gasteiger partial charge on any atom is 0.528 e. The summed E-state index contributed by atoms with van der Waals surface area (Å²) in [4.78, 5) is 33.7. The lowest BCUT2D eigenvalue weighted by atomic mass is 9.69. The standard InChI is InChI=1S/C28H33ClN2O4/c1-26(2,3)34-25(33)35-31-18-20-6-4-5-7-23(20)27(19-31)14-16-30(17-15-27)24(32)28(12-13-28)21-8-10-22(29)11-9-21/h4-11H,12-19H2,1-3H3. The third kappa shape index (κ3) is 4.78. The molecule has 1 saturated heterocycles. The van der Waals surface area contributed by atoms with E-state index in [1.807, 2.05) is 56.0 Å². The summed E-state index contributed by atoms with van der Waals surface area (Å²) in [6.45, 7) is 7.96. The van der Waals surface area contributed by atoms with Crippen molar-refractivity contribution in [1.29, 1.82) is 0 Å². The zero-order valence-electron chi connectivity index (χ0n) is 20.7. The van der Waals surface area contributed by atoms with Crippen molar-refractivity contribution in [3.63, 3.8) is 0 Å². The first-order valence-corrected chi connectivity index (χ1v) is 12.8. The van der Waals surface area contributed by atoms with Crippen LogP contribution >= 0.6 is 11.6 Å². The minimum Gasteiger partial charge on any atom is -0.427 e. The first-order valence-electron chi connectivity index (χ1n) is 12.4. The van der Waals surface area contributed by atoms with Crippen molar-refractivity contribution in [3.05, 3.63) is 70.2 Å². The van der Waals surface area contributed by atoms with Crippen LogP contribution in [0.1, 0.15) is 63.1 Å². The van der Waals surface area contributed by atoms with E-state index in [0.29, 0.717) is 31.2 Å². The fourth-order valence-electron chi connectivity index (χ4n) is 5.67. The van der Waals surface area contributed by atoms with Gasteiger partial charge in [-0.3, -0.25) is 4.79 Å². The molecule has 0 bridgehead atoms. The van der Waals surface area contributed by atoms with Crippen LogP contribution in [0.5, 0.6) is 0 Å². The van der Waals surface area contributed by atoms with Gasteiger partial charge in [-0.2, -0.15) is 0 Å². The molecule has 5 rings (SSSR count). The molecule has 1 amide bonds. The Morgan fingerprint density at radius 1 is 0.943 bits per heavy atom. The van der Waals surface area contributed by atoms with Crippen molar-refractivity contribution < 1.29 is 19.2 Å². The van der Waals surface area contributed by atoms with Gasteiger partial charge in [-0.05, 0) is 75.3 Å². The average molecular weight is 497 g/mol. The fraction of sp³-hybridized carbons (Fsp3) is 0.500. The van der Waals surface area contributed by atoms with Crippen molar-refractivity contribution >= 4 is 23.7 Å². The number of benzene rings is 2. The summed E-state index contributed by atoms with van der Waals surface area (Å²) in [6, 6.07) is 16.1. The van der Waals surface area contributed by atoms with Crippen LogP contribution in [0.25, 0.3) is 0 Å². The molecule has 1 aliphatic carbocycles. The second-order valence-corrected chi connectivity index (χ2v) is 11.6. The van der Waals surface area contributed by atoms with Crippen LogP contribution in [0.15, 0.2) is 48.5 Å². The maximum atomic E-state index is 13.6. The summed E-state index contributed by atoms with van der Waals surface area (Å²) < 4.78 is 5.38. The topological polar surface area (TPSA) is 59.1 Å². The Labute approximate surface area is 212 Å². The van der Waals surface area contributed by atoms with Crippen LogP contribution in [0.4, 0.5) is 4.79 Å². The highest BCUT2D eigenvalue weighted by Crippen LogP contribution is 2.51. The highest BCUT2D eigenvalue weighted by molar-refractivity contribution is 6.30. The van der Waals surface area contributed by atoms with E-state index in [1.165, 1.54) is 5.56 Å². The quantitative estimate of drug-likeness (QED) is 0.516. The number of piperidine rings is 1. The smallest absolute Gasteiger partial charge is 0.427 e. The van der Waals surface area contributed by atoms with Crippen molar-refractivity contribution in [3.8, 4) is 0 Å². The number of carbonyl (C=O) groups excluding carboxylic acids is 2. The second-order valence-electron chi connectivity index (χ2n) is 11.2. The van der Waals surface area contributed by atoms with E-state index < -0.39 is 17.2 Å². The van der Waals surface area contributed by atoms with Crippen molar-refractivity contribution in [1.82, 2.24) is 9.96 Å². The van der Waals surface area contributed by atoms with Crippen molar-refractivity contribution in [2.24, 2.45) is 0 Å². The molecule has 2 aliphatic heterocycles. The van der Waals surface area contributed by atoms with Gasteiger partial charge in [-0.1, -0.05) is 48.0 Å². The molecular weight excluding hydrogens is 464 g/mol. The van der Waals surface area contributed by atoms with Crippen LogP contribution in [-0.4, -0.2) is 47.3 Å². The Morgan fingerprint density at radius 2 is 1.60 bits per heavy atom. The van der Waals surface area contributed by atoms with Gasteiger partial charge in [0.2, 0.25) is 5.91 Å². The number of hydrogen-bond donors (Lipinski definition) is 0. The number of nitrogens with zero attached hydrogens (tertiary/aromatic N) is 2. The van der Waals surface area contributed by atoms with Gasteiger partial charge in [0.15, 0.2) is 0 Å². The van der Waals surface area contributed by atoms with Gasteiger partial charge < -0.3 is 14.5 Å². The van der Waals surface area contributed by atoms with Crippen LogP contribution < -0.4 is 0 Å². The van der Waals surface area contributed by atoms with Gasteiger partial charge in [0.05, 0.1) is 12.0 Å². The first-order chi connectivity index (χ1) is 16.6. The van der Waals surface area contributed by atoms with E-state index in [0.717, 1.165) is 36.8 Å². The number of carbonyl (C=O) groups is 2. The Morgan fingerprint density at radius 3 is 2.23 bits per heavy atom. The lowest BCUT2D eigenvalue weighted by Crippen LogP contribution is -2.54. The highest BCUT2D eigenvalue weighted by atomic mass is 35.5. The summed E-state index contributed by atoms with van der Waals surface area (Å²) in [6.07, 6.45) is 2.73. The normalized spacial score (nSPS) is 20.7. The molecule has 6 nitrogen and oxygen atoms in total. The molecule has 35 heavy (non-hydrogen) atoms. The SMILES string of the molecule is CC(C)(C)OC(=O)ON1Cc2ccccc2C2(CCN(C(=O)C3(c4ccc(Cl)cc4)CC3)CC2)C1. The molecular formula is C28H33ClN2O4. The molecule has 2 heterocycles. The van der Waals surface area contributed by atoms with Gasteiger partial charge in [-0.25, -0.2) is 4.79 Å². The molecule has 3 aliphatic rings. The monoisotopic (exact) mass is 496 g/mol. The van der Waals surface area contributed by atoms with Crippen molar-refractivity contribution in [2.45, 2.75) is 69.4 Å². The molecule has 7 heteroatoms. The Balaban J connectivity index is 1.31. The molecule has 1 saturated carbocycles. The fourth-order valence-corrected chi connectivity index (χ4v) is 5.80. The highest BCUT2D eigenvalue weighted by Gasteiger charge is 2.54. The molecule has 0 N–H and O–H groups in total. The Hall–Kier alpha value is -2.57. The number of hydroxylamine groups is 2. The van der Waals surface area contributed by atoms with Gasteiger partial charge in [-0.15, -0.1) is 5.06 Å². The van der Waals surface area contributed by atoms with E-state index in [9.17, 15) is 9.59 Å². The van der Waals surface area contributed by atoms with E-state index in [-0.39, 0.29) is 11.3 Å². The Kier molecular flexibility index (Phi) is 6.09. The second kappa shape index (κ2) is 8.82. The molecule has 0 unspecified atom stereocenters. The van der Waals surface area contributed by atoms with Gasteiger partial charge in [0, 0.05) is 30.1 Å².